The molecule has 4 rings (SSSR count). The topological polar surface area (TPSA) is 52.2 Å². The van der Waals surface area contributed by atoms with Crippen molar-refractivity contribution < 1.29 is 4.79 Å². The van der Waals surface area contributed by atoms with Crippen LogP contribution in [-0.4, -0.2) is 20.3 Å². The van der Waals surface area contributed by atoms with E-state index in [1.165, 1.54) is 22.1 Å². The Balaban J connectivity index is 1.96. The lowest BCUT2D eigenvalue weighted by molar-refractivity contribution is 0.0988. The Labute approximate surface area is 142 Å². The second kappa shape index (κ2) is 5.42. The molecule has 24 heavy (non-hydrogen) atoms. The molecular weight excluding hydrogens is 320 g/mol. The minimum Gasteiger partial charge on any atom is -0.319 e. The van der Waals surface area contributed by atoms with E-state index in [0.29, 0.717) is 10.5 Å². The highest BCUT2D eigenvalue weighted by Gasteiger charge is 2.14. The molecule has 0 unspecified atom stereocenters. The summed E-state index contributed by atoms with van der Waals surface area (Å²) >= 11 is 1.52. The summed E-state index contributed by atoms with van der Waals surface area (Å²) in [6, 6.07) is 12.4. The molecule has 0 aliphatic heterocycles. The number of amides is 1. The van der Waals surface area contributed by atoms with Crippen LogP contribution in [0.5, 0.6) is 0 Å². The number of carbonyl (C=O) groups excluding carboxylic acids is 1. The van der Waals surface area contributed by atoms with Gasteiger partial charge in [0.25, 0.3) is 5.91 Å². The first kappa shape index (κ1) is 14.8. The van der Waals surface area contributed by atoms with Crippen molar-refractivity contribution >= 4 is 38.2 Å². The fourth-order valence-electron chi connectivity index (χ4n) is 3.02. The number of thiazole rings is 1. The molecule has 4 aromatic rings. The van der Waals surface area contributed by atoms with Gasteiger partial charge in [-0.05, 0) is 18.4 Å². The third-order valence-electron chi connectivity index (χ3n) is 4.21. The highest BCUT2D eigenvalue weighted by molar-refractivity contribution is 7.16. The number of carbonyl (C=O) groups is 1. The predicted molar refractivity (Wildman–Crippen MR) is 96.1 cm³/mol. The van der Waals surface area contributed by atoms with Crippen molar-refractivity contribution in [3.63, 3.8) is 0 Å². The van der Waals surface area contributed by atoms with Crippen LogP contribution in [0.2, 0.25) is 0 Å². The van der Waals surface area contributed by atoms with Gasteiger partial charge >= 0.3 is 0 Å². The molecule has 0 atom stereocenters. The maximum absolute atomic E-state index is 12.6. The smallest absolute Gasteiger partial charge is 0.298 e. The molecule has 2 heterocycles. The first-order chi connectivity index (χ1) is 11.6. The number of hydrogen-bond acceptors (Lipinski definition) is 3. The van der Waals surface area contributed by atoms with Gasteiger partial charge < -0.3 is 4.57 Å². The molecule has 0 aliphatic rings. The van der Waals surface area contributed by atoms with Crippen LogP contribution in [0.25, 0.3) is 21.0 Å². The summed E-state index contributed by atoms with van der Waals surface area (Å²) in [5, 5.41) is 6.46. The van der Waals surface area contributed by atoms with Crippen LogP contribution >= 0.6 is 11.3 Å². The van der Waals surface area contributed by atoms with E-state index in [-0.39, 0.29) is 5.91 Å². The second-order valence-corrected chi connectivity index (χ2v) is 6.80. The third-order valence-corrected chi connectivity index (χ3v) is 5.31. The zero-order valence-electron chi connectivity index (χ0n) is 13.6. The number of benzene rings is 2. The molecule has 0 radical (unpaired) electrons. The Morgan fingerprint density at radius 2 is 1.96 bits per heavy atom. The van der Waals surface area contributed by atoms with Crippen LogP contribution in [0.1, 0.15) is 16.1 Å². The van der Waals surface area contributed by atoms with E-state index in [2.05, 4.69) is 34.4 Å². The molecule has 0 bridgehead atoms. The molecule has 0 fully saturated rings. The maximum Gasteiger partial charge on any atom is 0.298 e. The minimum atomic E-state index is -0.265. The molecular formula is C18H16N4OS. The summed E-state index contributed by atoms with van der Waals surface area (Å²) < 4.78 is 4.68. The molecule has 0 saturated heterocycles. The zero-order valence-corrected chi connectivity index (χ0v) is 14.5. The summed E-state index contributed by atoms with van der Waals surface area (Å²) in [7, 11) is 3.71. The van der Waals surface area contributed by atoms with E-state index >= 15 is 0 Å². The van der Waals surface area contributed by atoms with Gasteiger partial charge in [0.2, 0.25) is 0 Å². The van der Waals surface area contributed by atoms with Crippen LogP contribution in [0.4, 0.5) is 0 Å². The lowest BCUT2D eigenvalue weighted by Gasteiger charge is -2.02. The van der Waals surface area contributed by atoms with Crippen molar-refractivity contribution in [1.82, 2.24) is 14.3 Å². The average Bonchev–Trinajstić information content (AvgIpc) is 3.07. The summed E-state index contributed by atoms with van der Waals surface area (Å²) in [4.78, 5) is 17.6. The van der Waals surface area contributed by atoms with Gasteiger partial charge in [-0.3, -0.25) is 9.48 Å². The summed E-state index contributed by atoms with van der Waals surface area (Å²) in [5.74, 6) is -0.265. The molecule has 0 N–H and O–H groups in total. The van der Waals surface area contributed by atoms with Gasteiger partial charge in [0.15, 0.2) is 4.80 Å². The van der Waals surface area contributed by atoms with Gasteiger partial charge in [-0.15, -0.1) is 0 Å². The third kappa shape index (κ3) is 2.18. The van der Waals surface area contributed by atoms with Crippen molar-refractivity contribution in [2.75, 3.05) is 0 Å². The molecule has 0 saturated carbocycles. The SMILES string of the molecule is Cc1cnn(C)c1C(=O)N=c1sc2ccc3ccccc3c2n1C. The molecule has 6 heteroatoms. The molecule has 5 nitrogen and oxygen atoms in total. The average molecular weight is 336 g/mol. The Morgan fingerprint density at radius 3 is 2.71 bits per heavy atom. The number of nitrogens with zero attached hydrogens (tertiary/aromatic N) is 4. The first-order valence-electron chi connectivity index (χ1n) is 7.61. The van der Waals surface area contributed by atoms with Gasteiger partial charge in [-0.2, -0.15) is 10.1 Å². The molecule has 2 aromatic carbocycles. The second-order valence-electron chi connectivity index (χ2n) is 5.79. The number of hydrogen-bond donors (Lipinski definition) is 0. The molecule has 2 aromatic heterocycles. The summed E-state index contributed by atoms with van der Waals surface area (Å²) in [6.07, 6.45) is 1.68. The van der Waals surface area contributed by atoms with E-state index in [4.69, 9.17) is 0 Å². The maximum atomic E-state index is 12.6. The first-order valence-corrected chi connectivity index (χ1v) is 8.43. The largest absolute Gasteiger partial charge is 0.319 e. The Hall–Kier alpha value is -2.73. The van der Waals surface area contributed by atoms with Crippen LogP contribution in [0.15, 0.2) is 47.6 Å². The summed E-state index contributed by atoms with van der Waals surface area (Å²) in [5.41, 5.74) is 2.46. The zero-order chi connectivity index (χ0) is 16.8. The van der Waals surface area contributed by atoms with Crippen LogP contribution in [0.3, 0.4) is 0 Å². The Morgan fingerprint density at radius 1 is 1.17 bits per heavy atom. The van der Waals surface area contributed by atoms with Crippen molar-refractivity contribution in [2.24, 2.45) is 19.1 Å². The van der Waals surface area contributed by atoms with Gasteiger partial charge in [-0.25, -0.2) is 0 Å². The molecule has 120 valence electrons. The number of rotatable bonds is 1. The number of aryl methyl sites for hydroxylation is 3. The van der Waals surface area contributed by atoms with Gasteiger partial charge in [0.05, 0.1) is 16.4 Å². The summed E-state index contributed by atoms with van der Waals surface area (Å²) in [6.45, 7) is 1.87. The predicted octanol–water partition coefficient (Wildman–Crippen LogP) is 3.18. The lowest BCUT2D eigenvalue weighted by Crippen LogP contribution is -2.15. The Bertz CT molecular complexity index is 1140. The monoisotopic (exact) mass is 336 g/mol. The van der Waals surface area contributed by atoms with Crippen molar-refractivity contribution in [1.29, 1.82) is 0 Å². The molecule has 0 spiro atoms. The van der Waals surface area contributed by atoms with Crippen LogP contribution in [-0.2, 0) is 14.1 Å². The van der Waals surface area contributed by atoms with Crippen molar-refractivity contribution in [3.05, 3.63) is 58.7 Å². The van der Waals surface area contributed by atoms with E-state index in [1.807, 2.05) is 30.7 Å². The highest BCUT2D eigenvalue weighted by atomic mass is 32.1. The fourth-order valence-corrected chi connectivity index (χ4v) is 4.05. The van der Waals surface area contributed by atoms with E-state index < -0.39 is 0 Å². The molecule has 1 amide bonds. The molecule has 0 aliphatic carbocycles. The van der Waals surface area contributed by atoms with Crippen molar-refractivity contribution in [3.8, 4) is 0 Å². The standard InChI is InChI=1S/C18H16N4OS/c1-11-10-19-22(3)15(11)17(23)20-18-21(2)16-13-7-5-4-6-12(13)8-9-14(16)24-18/h4-10H,1-3H3. The van der Waals surface area contributed by atoms with E-state index in [0.717, 1.165) is 15.8 Å². The van der Waals surface area contributed by atoms with E-state index in [9.17, 15) is 4.79 Å². The number of fused-ring (bicyclic) bond motifs is 3. The van der Waals surface area contributed by atoms with E-state index in [1.54, 1.807) is 17.9 Å². The van der Waals surface area contributed by atoms with Crippen LogP contribution in [0, 0.1) is 6.92 Å². The quantitative estimate of drug-likeness (QED) is 0.536. The van der Waals surface area contributed by atoms with Gasteiger partial charge in [-0.1, -0.05) is 41.7 Å². The van der Waals surface area contributed by atoms with Crippen LogP contribution < -0.4 is 4.80 Å². The fraction of sp³-hybridized carbons (Fsp3) is 0.167. The normalized spacial score (nSPS) is 12.4. The van der Waals surface area contributed by atoms with Gasteiger partial charge in [0.1, 0.15) is 5.69 Å². The van der Waals surface area contributed by atoms with Crippen molar-refractivity contribution in [2.45, 2.75) is 6.92 Å². The lowest BCUT2D eigenvalue weighted by atomic mass is 10.1. The Kier molecular flexibility index (Phi) is 3.35. The highest BCUT2D eigenvalue weighted by Crippen LogP contribution is 2.26. The minimum absolute atomic E-state index is 0.265. The number of aromatic nitrogens is 3. The van der Waals surface area contributed by atoms with Gasteiger partial charge in [0, 0.05) is 25.0 Å².